The van der Waals surface area contributed by atoms with Gasteiger partial charge in [0, 0.05) is 6.08 Å². The minimum atomic E-state index is -0.390. The van der Waals surface area contributed by atoms with Crippen LogP contribution in [0.5, 0.6) is 0 Å². The fourth-order valence-corrected chi connectivity index (χ4v) is 0.742. The normalized spacial score (nSPS) is 24.1. The van der Waals surface area contributed by atoms with Crippen LogP contribution in [-0.4, -0.2) is 4.92 Å². The van der Waals surface area contributed by atoms with Crippen LogP contribution in [0.1, 0.15) is 6.92 Å². The van der Waals surface area contributed by atoms with Gasteiger partial charge >= 0.3 is 0 Å². The van der Waals surface area contributed by atoms with E-state index < -0.39 is 4.92 Å². The highest BCUT2D eigenvalue weighted by Crippen LogP contribution is 2.14. The van der Waals surface area contributed by atoms with Crippen LogP contribution in [0.3, 0.4) is 0 Å². The smallest absolute Gasteiger partial charge is 0.258 e. The minimum Gasteiger partial charge on any atom is -0.258 e. The highest BCUT2D eigenvalue weighted by Gasteiger charge is 2.11. The largest absolute Gasteiger partial charge is 0.265 e. The molecule has 10 heavy (non-hydrogen) atoms. The van der Waals surface area contributed by atoms with E-state index in [1.165, 1.54) is 12.2 Å². The second-order valence-corrected chi connectivity index (χ2v) is 2.26. The topological polar surface area (TPSA) is 43.1 Å². The first kappa shape index (κ1) is 6.99. The zero-order valence-electron chi connectivity index (χ0n) is 5.65. The Kier molecular flexibility index (Phi) is 1.85. The SMILES string of the molecule is CC1[CH]C=C([N+](=O)[O-])C=C1. The Labute approximate surface area is 59.2 Å². The molecular weight excluding hydrogens is 130 g/mol. The number of allylic oxidation sites excluding steroid dienone is 3. The average Bonchev–Trinajstić information content (AvgIpc) is 1.88. The monoisotopic (exact) mass is 138 g/mol. The van der Waals surface area contributed by atoms with Crippen molar-refractivity contribution in [2.45, 2.75) is 6.92 Å². The van der Waals surface area contributed by atoms with Crippen molar-refractivity contribution in [3.05, 3.63) is 40.5 Å². The maximum absolute atomic E-state index is 10.1. The van der Waals surface area contributed by atoms with E-state index in [-0.39, 0.29) is 5.70 Å². The molecule has 0 heterocycles. The maximum atomic E-state index is 10.1. The van der Waals surface area contributed by atoms with Gasteiger partial charge in [0.15, 0.2) is 0 Å². The first-order valence-electron chi connectivity index (χ1n) is 3.08. The predicted molar refractivity (Wildman–Crippen MR) is 37.7 cm³/mol. The third-order valence-electron chi connectivity index (χ3n) is 1.35. The van der Waals surface area contributed by atoms with Gasteiger partial charge in [-0.25, -0.2) is 0 Å². The Balaban J connectivity index is 2.67. The first-order chi connectivity index (χ1) is 4.70. The Bertz CT molecular complexity index is 206. The third kappa shape index (κ3) is 1.43. The molecule has 3 heteroatoms. The van der Waals surface area contributed by atoms with Crippen LogP contribution >= 0.6 is 0 Å². The number of hydrogen-bond acceptors (Lipinski definition) is 2. The van der Waals surface area contributed by atoms with Crippen molar-refractivity contribution in [1.29, 1.82) is 0 Å². The van der Waals surface area contributed by atoms with Gasteiger partial charge in [-0.15, -0.1) is 0 Å². The standard InChI is InChI=1S/C7H8NO2/c1-6-2-4-7(5-3-6)8(9)10/h2-6H,1H3. The second-order valence-electron chi connectivity index (χ2n) is 2.26. The summed E-state index contributed by atoms with van der Waals surface area (Å²) in [5.41, 5.74) is 0.165. The molecule has 0 aliphatic heterocycles. The van der Waals surface area contributed by atoms with Crippen molar-refractivity contribution in [2.75, 3.05) is 0 Å². The summed E-state index contributed by atoms with van der Waals surface area (Å²) in [6.45, 7) is 1.98. The van der Waals surface area contributed by atoms with Crippen LogP contribution in [0.4, 0.5) is 0 Å². The Morgan fingerprint density at radius 2 is 2.40 bits per heavy atom. The molecule has 0 bridgehead atoms. The molecule has 0 saturated heterocycles. The zero-order chi connectivity index (χ0) is 7.56. The lowest BCUT2D eigenvalue weighted by Gasteiger charge is -2.04. The molecule has 0 aromatic rings. The third-order valence-corrected chi connectivity index (χ3v) is 1.35. The molecule has 1 aliphatic rings. The molecule has 0 amide bonds. The van der Waals surface area contributed by atoms with Gasteiger partial charge in [0.05, 0.1) is 4.92 Å². The summed E-state index contributed by atoms with van der Waals surface area (Å²) in [6.07, 6.45) is 6.67. The quantitative estimate of drug-likeness (QED) is 0.407. The van der Waals surface area contributed by atoms with Gasteiger partial charge in [0.25, 0.3) is 5.70 Å². The van der Waals surface area contributed by atoms with Crippen molar-refractivity contribution in [3.63, 3.8) is 0 Å². The van der Waals surface area contributed by atoms with Crippen molar-refractivity contribution < 1.29 is 4.92 Å². The van der Waals surface area contributed by atoms with Gasteiger partial charge in [-0.1, -0.05) is 13.0 Å². The molecule has 0 aromatic carbocycles. The van der Waals surface area contributed by atoms with Gasteiger partial charge in [0.2, 0.25) is 0 Å². The Morgan fingerprint density at radius 1 is 1.70 bits per heavy atom. The fraction of sp³-hybridized carbons (Fsp3) is 0.286. The van der Waals surface area contributed by atoms with E-state index >= 15 is 0 Å². The van der Waals surface area contributed by atoms with Crippen molar-refractivity contribution in [3.8, 4) is 0 Å². The molecule has 0 N–H and O–H groups in total. The molecule has 1 aliphatic carbocycles. The number of nitrogens with zero attached hydrogens (tertiary/aromatic N) is 1. The van der Waals surface area contributed by atoms with E-state index in [0.717, 1.165) is 0 Å². The summed E-state index contributed by atoms with van der Waals surface area (Å²) < 4.78 is 0. The van der Waals surface area contributed by atoms with E-state index in [4.69, 9.17) is 0 Å². The molecular formula is C7H8NO2. The molecule has 0 aromatic heterocycles. The Hall–Kier alpha value is -1.12. The van der Waals surface area contributed by atoms with Crippen molar-refractivity contribution in [1.82, 2.24) is 0 Å². The first-order valence-corrected chi connectivity index (χ1v) is 3.08. The second kappa shape index (κ2) is 2.64. The number of hydrogen-bond donors (Lipinski definition) is 0. The summed E-state index contributed by atoms with van der Waals surface area (Å²) in [7, 11) is 0. The molecule has 0 fully saturated rings. The number of nitro groups is 1. The molecule has 0 saturated carbocycles. The molecule has 53 valence electrons. The lowest BCUT2D eigenvalue weighted by atomic mass is 10.0. The lowest BCUT2D eigenvalue weighted by molar-refractivity contribution is -0.419. The predicted octanol–water partition coefficient (Wildman–Crippen LogP) is 1.56. The van der Waals surface area contributed by atoms with Crippen LogP contribution in [0.15, 0.2) is 23.9 Å². The van der Waals surface area contributed by atoms with Crippen LogP contribution in [-0.2, 0) is 0 Å². The van der Waals surface area contributed by atoms with Gasteiger partial charge in [-0.3, -0.25) is 10.1 Å². The molecule has 3 nitrogen and oxygen atoms in total. The van der Waals surface area contributed by atoms with Gasteiger partial charge in [-0.2, -0.15) is 0 Å². The minimum absolute atomic E-state index is 0.165. The molecule has 1 atom stereocenters. The number of rotatable bonds is 1. The van der Waals surface area contributed by atoms with Crippen LogP contribution in [0, 0.1) is 22.5 Å². The lowest BCUT2D eigenvalue weighted by Crippen LogP contribution is -2.02. The van der Waals surface area contributed by atoms with Crippen LogP contribution in [0.2, 0.25) is 0 Å². The highest BCUT2D eigenvalue weighted by molar-refractivity contribution is 5.23. The summed E-state index contributed by atoms with van der Waals surface area (Å²) in [5.74, 6) is 0.323. The molecule has 1 unspecified atom stereocenters. The fourth-order valence-electron chi connectivity index (χ4n) is 0.742. The van der Waals surface area contributed by atoms with E-state index in [1.54, 1.807) is 12.5 Å². The summed E-state index contributed by atoms with van der Waals surface area (Å²) >= 11 is 0. The van der Waals surface area contributed by atoms with Crippen molar-refractivity contribution in [2.24, 2.45) is 5.92 Å². The molecule has 0 spiro atoms. The van der Waals surface area contributed by atoms with Gasteiger partial charge < -0.3 is 0 Å². The van der Waals surface area contributed by atoms with Gasteiger partial charge in [0.1, 0.15) is 0 Å². The molecule has 1 rings (SSSR count). The van der Waals surface area contributed by atoms with E-state index in [2.05, 4.69) is 0 Å². The summed E-state index contributed by atoms with van der Waals surface area (Å²) in [4.78, 5) is 9.74. The maximum Gasteiger partial charge on any atom is 0.265 e. The summed E-state index contributed by atoms with van der Waals surface area (Å²) in [6, 6.07) is 0. The molecule has 1 radical (unpaired) electrons. The van der Waals surface area contributed by atoms with E-state index in [0.29, 0.717) is 5.92 Å². The Morgan fingerprint density at radius 3 is 2.80 bits per heavy atom. The van der Waals surface area contributed by atoms with Crippen molar-refractivity contribution >= 4 is 0 Å². The van der Waals surface area contributed by atoms with Crippen LogP contribution < -0.4 is 0 Å². The van der Waals surface area contributed by atoms with E-state index in [1.807, 2.05) is 6.92 Å². The van der Waals surface area contributed by atoms with Gasteiger partial charge in [-0.05, 0) is 18.4 Å². The summed E-state index contributed by atoms with van der Waals surface area (Å²) in [5, 5.41) is 10.1. The van der Waals surface area contributed by atoms with E-state index in [9.17, 15) is 10.1 Å². The van der Waals surface area contributed by atoms with Crippen LogP contribution in [0.25, 0.3) is 0 Å². The highest BCUT2D eigenvalue weighted by atomic mass is 16.6. The average molecular weight is 138 g/mol. The zero-order valence-corrected chi connectivity index (χ0v) is 5.65.